The molecule has 0 bridgehead atoms. The Balaban J connectivity index is 0.00000171. The van der Waals surface area contributed by atoms with Crippen LogP contribution in [0.25, 0.3) is 45.4 Å². The number of hydrogen-bond acceptors (Lipinski definition) is 3. The second kappa shape index (κ2) is 5.95. The summed E-state index contributed by atoms with van der Waals surface area (Å²) in [6, 6.07) is 21.8. The molecule has 6 rings (SSSR count). The van der Waals surface area contributed by atoms with Crippen molar-refractivity contribution in [2.24, 2.45) is 0 Å². The fourth-order valence-electron chi connectivity index (χ4n) is 4.12. The number of fused-ring (bicyclic) bond motifs is 3. The summed E-state index contributed by atoms with van der Waals surface area (Å²) in [5, 5.41) is 1.14. The number of nitrogens with zero attached hydrogens (tertiary/aromatic N) is 1. The van der Waals surface area contributed by atoms with Gasteiger partial charge in [-0.25, -0.2) is 8.42 Å². The topological polar surface area (TPSA) is 47.0 Å². The Kier molecular flexibility index (Phi) is 3.72. The molecule has 0 saturated heterocycles. The van der Waals surface area contributed by atoms with Gasteiger partial charge in [-0.05, 0) is 39.4 Å². The first kappa shape index (κ1) is 17.5. The van der Waals surface area contributed by atoms with Gasteiger partial charge in [0.1, 0.15) is 0 Å². The molecule has 0 N–H and O–H groups in total. The van der Waals surface area contributed by atoms with E-state index in [9.17, 15) is 8.42 Å². The Morgan fingerprint density at radius 3 is 2.57 bits per heavy atom. The molecule has 1 aromatic heterocycles. The smallest absolute Gasteiger partial charge is 0.189 e. The third-order valence-corrected chi connectivity index (χ3v) is 7.14. The Labute approximate surface area is 176 Å². The Bertz CT molecular complexity index is 1440. The molecular weight excluding hydrogens is 547 g/mol. The van der Waals surface area contributed by atoms with Crippen molar-refractivity contribution in [1.82, 2.24) is 4.98 Å². The summed E-state index contributed by atoms with van der Waals surface area (Å²) in [4.78, 5) is 5.53. The van der Waals surface area contributed by atoms with Crippen molar-refractivity contribution in [3.63, 3.8) is 0 Å². The van der Waals surface area contributed by atoms with E-state index in [0.29, 0.717) is 15.4 Å². The molecule has 0 unspecified atom stereocenters. The third kappa shape index (κ3) is 2.18. The predicted octanol–water partition coefficient (Wildman–Crippen LogP) is 5.00. The quantitative estimate of drug-likeness (QED) is 0.267. The van der Waals surface area contributed by atoms with Crippen molar-refractivity contribution >= 4 is 32.9 Å². The number of hydrogen-bond donors (Lipinski definition) is 0. The van der Waals surface area contributed by atoms with Gasteiger partial charge in [0.15, 0.2) is 9.84 Å². The number of rotatable bonds is 1. The van der Waals surface area contributed by atoms with Crippen LogP contribution in [0.3, 0.4) is 0 Å². The molecule has 0 atom stereocenters. The van der Waals surface area contributed by atoms with Crippen molar-refractivity contribution in [2.75, 3.05) is 0 Å². The summed E-state index contributed by atoms with van der Waals surface area (Å²) >= 11 is 0. The van der Waals surface area contributed by atoms with Crippen LogP contribution in [-0.2, 0) is 29.9 Å². The van der Waals surface area contributed by atoms with Crippen molar-refractivity contribution in [3.8, 4) is 22.4 Å². The SMILES string of the molecule is O=S1(=O)c2ccccc2-c2c(-c3cc4c5c(cccc5n3)C=C4)[c-]ccc21.[Ir]. The first-order valence-electron chi connectivity index (χ1n) is 8.66. The molecule has 3 aromatic carbocycles. The molecule has 0 amide bonds. The van der Waals surface area contributed by atoms with Gasteiger partial charge in [0.25, 0.3) is 0 Å². The molecule has 0 saturated carbocycles. The first-order valence-corrected chi connectivity index (χ1v) is 10.1. The molecule has 2 heterocycles. The third-order valence-electron chi connectivity index (χ3n) is 5.29. The zero-order valence-electron chi connectivity index (χ0n) is 14.4. The number of aromatic nitrogens is 1. The molecule has 0 spiro atoms. The Morgan fingerprint density at radius 1 is 0.857 bits per heavy atom. The van der Waals surface area contributed by atoms with Gasteiger partial charge >= 0.3 is 0 Å². The van der Waals surface area contributed by atoms with Crippen molar-refractivity contribution in [3.05, 3.63) is 77.9 Å². The molecule has 0 fully saturated rings. The molecule has 2 aliphatic rings. The van der Waals surface area contributed by atoms with Gasteiger partial charge in [-0.1, -0.05) is 54.1 Å². The Hall–Kier alpha value is -2.59. The maximum atomic E-state index is 13.0. The van der Waals surface area contributed by atoms with Crippen LogP contribution >= 0.6 is 0 Å². The number of sulfone groups is 1. The van der Waals surface area contributed by atoms with Gasteiger partial charge in [0.05, 0.1) is 10.4 Å². The molecule has 4 aromatic rings. The minimum absolute atomic E-state index is 0. The van der Waals surface area contributed by atoms with Crippen LogP contribution in [-0.4, -0.2) is 13.4 Å². The zero-order chi connectivity index (χ0) is 18.2. The summed E-state index contributed by atoms with van der Waals surface area (Å²) < 4.78 is 25.9. The van der Waals surface area contributed by atoms with Crippen LogP contribution in [0.5, 0.6) is 0 Å². The van der Waals surface area contributed by atoms with E-state index in [1.54, 1.807) is 24.3 Å². The minimum Gasteiger partial charge on any atom is -0.296 e. The second-order valence-corrected chi connectivity index (χ2v) is 8.65. The average Bonchev–Trinajstić information content (AvgIpc) is 3.21. The normalized spacial score (nSPS) is 14.6. The number of benzene rings is 3. The van der Waals surface area contributed by atoms with E-state index in [1.807, 2.05) is 30.3 Å². The number of pyridine rings is 1. The first-order chi connectivity index (χ1) is 13.1. The molecule has 1 aliphatic heterocycles. The van der Waals surface area contributed by atoms with Gasteiger partial charge in [-0.3, -0.25) is 4.98 Å². The van der Waals surface area contributed by atoms with Crippen LogP contribution < -0.4 is 0 Å². The summed E-state index contributed by atoms with van der Waals surface area (Å²) in [6.45, 7) is 0. The summed E-state index contributed by atoms with van der Waals surface area (Å²) in [5.41, 5.74) is 6.06. The molecule has 3 nitrogen and oxygen atoms in total. The summed E-state index contributed by atoms with van der Waals surface area (Å²) in [7, 11) is -3.51. The van der Waals surface area contributed by atoms with Gasteiger partial charge in [-0.2, -0.15) is 0 Å². The van der Waals surface area contributed by atoms with Crippen molar-refractivity contribution in [2.45, 2.75) is 9.79 Å². The van der Waals surface area contributed by atoms with Crippen molar-refractivity contribution < 1.29 is 28.5 Å². The van der Waals surface area contributed by atoms with Crippen molar-refractivity contribution in [1.29, 1.82) is 0 Å². The largest absolute Gasteiger partial charge is 0.296 e. The predicted molar refractivity (Wildman–Crippen MR) is 106 cm³/mol. The van der Waals surface area contributed by atoms with Crippen LogP contribution in [0.15, 0.2) is 70.5 Å². The molecule has 1 radical (unpaired) electrons. The van der Waals surface area contributed by atoms with Gasteiger partial charge < -0.3 is 0 Å². The minimum atomic E-state index is -3.51. The fourth-order valence-corrected chi connectivity index (χ4v) is 5.81. The van der Waals surface area contributed by atoms with Crippen LogP contribution in [0.1, 0.15) is 11.1 Å². The fraction of sp³-hybridized carbons (Fsp3) is 0. The van der Waals surface area contributed by atoms with Gasteiger partial charge in [0, 0.05) is 25.5 Å². The maximum absolute atomic E-state index is 13.0. The summed E-state index contributed by atoms with van der Waals surface area (Å²) in [5.74, 6) is 0. The van der Waals surface area contributed by atoms with E-state index in [0.717, 1.165) is 38.9 Å². The van der Waals surface area contributed by atoms with E-state index in [-0.39, 0.29) is 20.1 Å². The summed E-state index contributed by atoms with van der Waals surface area (Å²) in [6.07, 6.45) is 4.17. The standard InChI is InChI=1S/C23H12NO2S.Ir/c25-27(26)20-9-2-1-6-17(20)23-16(7-4-10-21(23)27)19-13-15-12-11-14-5-3-8-18(24-19)22(14)15;/h1-6,8-13H;/q-1;. The average molecular weight is 559 g/mol. The molecule has 1 aliphatic carbocycles. The molecule has 137 valence electrons. The molecule has 5 heteroatoms. The van der Waals surface area contributed by atoms with E-state index < -0.39 is 9.84 Å². The molecular formula is C23H12IrNO2S-. The van der Waals surface area contributed by atoms with E-state index in [1.165, 1.54) is 0 Å². The van der Waals surface area contributed by atoms with E-state index in [2.05, 4.69) is 24.3 Å². The monoisotopic (exact) mass is 559 g/mol. The van der Waals surface area contributed by atoms with Crippen LogP contribution in [0.4, 0.5) is 0 Å². The maximum Gasteiger partial charge on any atom is 0.189 e. The Morgan fingerprint density at radius 2 is 1.68 bits per heavy atom. The van der Waals surface area contributed by atoms with E-state index >= 15 is 0 Å². The van der Waals surface area contributed by atoms with Crippen LogP contribution in [0.2, 0.25) is 0 Å². The van der Waals surface area contributed by atoms with Gasteiger partial charge in [-0.15, -0.1) is 23.8 Å². The second-order valence-electron chi connectivity index (χ2n) is 6.76. The molecule has 28 heavy (non-hydrogen) atoms. The van der Waals surface area contributed by atoms with Gasteiger partial charge in [0.2, 0.25) is 0 Å². The van der Waals surface area contributed by atoms with E-state index in [4.69, 9.17) is 4.98 Å². The zero-order valence-corrected chi connectivity index (χ0v) is 17.6. The van der Waals surface area contributed by atoms with Crippen LogP contribution in [0, 0.1) is 6.07 Å².